The highest BCUT2D eigenvalue weighted by Crippen LogP contribution is 2.23. The number of hydrogen-bond donors (Lipinski definition) is 1. The Bertz CT molecular complexity index is 1010. The molecule has 0 bridgehead atoms. The lowest BCUT2D eigenvalue weighted by Crippen LogP contribution is -2.33. The van der Waals surface area contributed by atoms with Gasteiger partial charge in [0.15, 0.2) is 0 Å². The molecular formula is C19H17FN4O3. The average Bonchev–Trinajstić information content (AvgIpc) is 2.69. The van der Waals surface area contributed by atoms with Crippen LogP contribution >= 0.6 is 0 Å². The summed E-state index contributed by atoms with van der Waals surface area (Å²) in [4.78, 5) is 28.0. The topological polar surface area (TPSA) is 86.1 Å². The number of amides is 1. The molecule has 3 aromatic rings. The van der Waals surface area contributed by atoms with E-state index in [1.807, 2.05) is 0 Å². The number of benzene rings is 1. The van der Waals surface area contributed by atoms with E-state index in [1.165, 1.54) is 31.4 Å². The largest absolute Gasteiger partial charge is 0.497 e. The molecular weight excluding hydrogens is 351 g/mol. The van der Waals surface area contributed by atoms with Crippen molar-refractivity contribution in [2.75, 3.05) is 7.11 Å². The zero-order chi connectivity index (χ0) is 19.2. The molecule has 3 rings (SSSR count). The van der Waals surface area contributed by atoms with E-state index in [2.05, 4.69) is 15.4 Å². The molecule has 0 fully saturated rings. The van der Waals surface area contributed by atoms with Gasteiger partial charge in [-0.05, 0) is 35.9 Å². The Morgan fingerprint density at radius 2 is 1.96 bits per heavy atom. The van der Waals surface area contributed by atoms with Gasteiger partial charge in [-0.15, -0.1) is 0 Å². The summed E-state index contributed by atoms with van der Waals surface area (Å²) < 4.78 is 20.2. The Morgan fingerprint density at radius 3 is 2.67 bits per heavy atom. The standard InChI is InChI=1S/C19H17FN4O3/c1-27-14-2-3-15(16(20)10-14)17-4-5-19(26)24(23-17)12-18(25)22-11-13-6-8-21-9-7-13/h2-10H,11-12H2,1H3,(H,22,25). The van der Waals surface area contributed by atoms with Crippen molar-refractivity contribution in [3.8, 4) is 17.0 Å². The molecule has 0 unspecified atom stereocenters. The Hall–Kier alpha value is -3.55. The Labute approximate surface area is 154 Å². The van der Waals surface area contributed by atoms with Crippen LogP contribution < -0.4 is 15.6 Å². The molecule has 2 heterocycles. The van der Waals surface area contributed by atoms with Crippen molar-refractivity contribution >= 4 is 5.91 Å². The van der Waals surface area contributed by atoms with Crippen LogP contribution in [0.15, 0.2) is 59.7 Å². The summed E-state index contributed by atoms with van der Waals surface area (Å²) in [5, 5.41) is 6.81. The highest BCUT2D eigenvalue weighted by atomic mass is 19.1. The molecule has 138 valence electrons. The number of nitrogens with zero attached hydrogens (tertiary/aromatic N) is 3. The number of halogens is 1. The molecule has 0 spiro atoms. The number of aromatic nitrogens is 3. The quantitative estimate of drug-likeness (QED) is 0.717. The fraction of sp³-hybridized carbons (Fsp3) is 0.158. The van der Waals surface area contributed by atoms with Crippen LogP contribution in [-0.2, 0) is 17.9 Å². The monoisotopic (exact) mass is 368 g/mol. The highest BCUT2D eigenvalue weighted by Gasteiger charge is 2.11. The molecule has 1 N–H and O–H groups in total. The third kappa shape index (κ3) is 4.55. The molecule has 2 aromatic heterocycles. The third-order valence-electron chi connectivity index (χ3n) is 3.85. The molecule has 8 heteroatoms. The molecule has 27 heavy (non-hydrogen) atoms. The second-order valence-corrected chi connectivity index (χ2v) is 5.69. The summed E-state index contributed by atoms with van der Waals surface area (Å²) in [6.45, 7) is 0.0401. The fourth-order valence-electron chi connectivity index (χ4n) is 2.43. The van der Waals surface area contributed by atoms with Crippen molar-refractivity contribution in [1.29, 1.82) is 0 Å². The first-order chi connectivity index (χ1) is 13.1. The lowest BCUT2D eigenvalue weighted by atomic mass is 10.1. The molecule has 1 amide bonds. The Kier molecular flexibility index (Phi) is 5.55. The molecule has 0 saturated heterocycles. The van der Waals surface area contributed by atoms with Gasteiger partial charge in [0.05, 0.1) is 12.8 Å². The first kappa shape index (κ1) is 18.2. The summed E-state index contributed by atoms with van der Waals surface area (Å²) in [7, 11) is 1.44. The minimum Gasteiger partial charge on any atom is -0.497 e. The number of hydrogen-bond acceptors (Lipinski definition) is 5. The maximum Gasteiger partial charge on any atom is 0.267 e. The summed E-state index contributed by atoms with van der Waals surface area (Å²) in [5.41, 5.74) is 0.887. The number of pyridine rings is 1. The van der Waals surface area contributed by atoms with Crippen molar-refractivity contribution in [1.82, 2.24) is 20.1 Å². The van der Waals surface area contributed by atoms with Crippen molar-refractivity contribution in [3.63, 3.8) is 0 Å². The van der Waals surface area contributed by atoms with Gasteiger partial charge >= 0.3 is 0 Å². The van der Waals surface area contributed by atoms with E-state index in [9.17, 15) is 14.0 Å². The van der Waals surface area contributed by atoms with Crippen LogP contribution in [0.5, 0.6) is 5.75 Å². The lowest BCUT2D eigenvalue weighted by Gasteiger charge is -2.09. The minimum absolute atomic E-state index is 0.210. The Morgan fingerprint density at radius 1 is 1.19 bits per heavy atom. The summed E-state index contributed by atoms with van der Waals surface area (Å²) >= 11 is 0. The lowest BCUT2D eigenvalue weighted by molar-refractivity contribution is -0.122. The maximum absolute atomic E-state index is 14.2. The van der Waals surface area contributed by atoms with E-state index >= 15 is 0 Å². The van der Waals surface area contributed by atoms with Crippen molar-refractivity contribution in [2.24, 2.45) is 0 Å². The normalized spacial score (nSPS) is 10.4. The second kappa shape index (κ2) is 8.22. The summed E-state index contributed by atoms with van der Waals surface area (Å²) in [6.07, 6.45) is 3.25. The van der Waals surface area contributed by atoms with Crippen LogP contribution in [-0.4, -0.2) is 27.8 Å². The van der Waals surface area contributed by atoms with E-state index in [-0.39, 0.29) is 23.7 Å². The predicted octanol–water partition coefficient (Wildman–Crippen LogP) is 1.77. The van der Waals surface area contributed by atoms with Gasteiger partial charge in [0.25, 0.3) is 5.56 Å². The number of methoxy groups -OCH3 is 1. The van der Waals surface area contributed by atoms with Gasteiger partial charge in [0, 0.05) is 36.6 Å². The summed E-state index contributed by atoms with van der Waals surface area (Å²) in [6, 6.07) is 10.6. The van der Waals surface area contributed by atoms with Crippen LogP contribution in [0.4, 0.5) is 4.39 Å². The van der Waals surface area contributed by atoms with Gasteiger partial charge in [-0.3, -0.25) is 14.6 Å². The van der Waals surface area contributed by atoms with Gasteiger partial charge in [0.1, 0.15) is 18.1 Å². The van der Waals surface area contributed by atoms with Crippen LogP contribution in [0.1, 0.15) is 5.56 Å². The molecule has 7 nitrogen and oxygen atoms in total. The number of carbonyl (C=O) groups excluding carboxylic acids is 1. The van der Waals surface area contributed by atoms with Crippen LogP contribution in [0.25, 0.3) is 11.3 Å². The van der Waals surface area contributed by atoms with Crippen LogP contribution in [0.2, 0.25) is 0 Å². The maximum atomic E-state index is 14.2. The van der Waals surface area contributed by atoms with E-state index in [4.69, 9.17) is 4.74 Å². The second-order valence-electron chi connectivity index (χ2n) is 5.69. The number of ether oxygens (including phenoxy) is 1. The molecule has 0 atom stereocenters. The fourth-order valence-corrected chi connectivity index (χ4v) is 2.43. The van der Waals surface area contributed by atoms with Crippen molar-refractivity contribution < 1.29 is 13.9 Å². The smallest absolute Gasteiger partial charge is 0.267 e. The number of nitrogens with one attached hydrogen (secondary N) is 1. The van der Waals surface area contributed by atoms with Crippen LogP contribution in [0.3, 0.4) is 0 Å². The van der Waals surface area contributed by atoms with Gasteiger partial charge in [-0.25, -0.2) is 9.07 Å². The molecule has 0 aliphatic heterocycles. The SMILES string of the molecule is COc1ccc(-c2ccc(=O)n(CC(=O)NCc3ccncc3)n2)c(F)c1. The van der Waals surface area contributed by atoms with Crippen molar-refractivity contribution in [3.05, 3.63) is 76.6 Å². The first-order valence-corrected chi connectivity index (χ1v) is 8.14. The zero-order valence-corrected chi connectivity index (χ0v) is 14.6. The van der Waals surface area contributed by atoms with Crippen molar-refractivity contribution in [2.45, 2.75) is 13.1 Å². The average molecular weight is 368 g/mol. The van der Waals surface area contributed by atoms with Gasteiger partial charge < -0.3 is 10.1 Å². The predicted molar refractivity (Wildman–Crippen MR) is 96.5 cm³/mol. The van der Waals surface area contributed by atoms with E-state index in [1.54, 1.807) is 30.6 Å². The third-order valence-corrected chi connectivity index (χ3v) is 3.85. The molecule has 0 aliphatic carbocycles. The molecule has 0 radical (unpaired) electrons. The van der Waals surface area contributed by atoms with Gasteiger partial charge in [-0.2, -0.15) is 5.10 Å². The molecule has 0 aliphatic rings. The summed E-state index contributed by atoms with van der Waals surface area (Å²) in [5.74, 6) is -0.539. The molecule has 1 aromatic carbocycles. The Balaban J connectivity index is 1.75. The van der Waals surface area contributed by atoms with E-state index in [0.29, 0.717) is 12.3 Å². The highest BCUT2D eigenvalue weighted by molar-refractivity contribution is 5.75. The molecule has 0 saturated carbocycles. The zero-order valence-electron chi connectivity index (χ0n) is 14.6. The van der Waals surface area contributed by atoms with Crippen LogP contribution in [0, 0.1) is 5.82 Å². The van der Waals surface area contributed by atoms with E-state index in [0.717, 1.165) is 10.2 Å². The van der Waals surface area contributed by atoms with E-state index < -0.39 is 11.4 Å². The van der Waals surface area contributed by atoms with Gasteiger partial charge in [0.2, 0.25) is 5.91 Å². The first-order valence-electron chi connectivity index (χ1n) is 8.14. The minimum atomic E-state index is -0.533. The number of carbonyl (C=O) groups is 1. The number of rotatable bonds is 6. The van der Waals surface area contributed by atoms with Gasteiger partial charge in [-0.1, -0.05) is 0 Å².